The number of primary amides is 1. The van der Waals surface area contributed by atoms with Crippen LogP contribution in [-0.2, 0) is 10.2 Å². The van der Waals surface area contributed by atoms with Gasteiger partial charge in [0.15, 0.2) is 0 Å². The number of rotatable bonds is 7. The lowest BCUT2D eigenvalue weighted by molar-refractivity contribution is -0.130. The van der Waals surface area contributed by atoms with Crippen molar-refractivity contribution < 1.29 is 9.53 Å². The second-order valence-electron chi connectivity index (χ2n) is 7.54. The minimum absolute atomic E-state index is 0.296. The Morgan fingerprint density at radius 3 is 2.14 bits per heavy atom. The molecule has 2 unspecified atom stereocenters. The van der Waals surface area contributed by atoms with Crippen LogP contribution >= 0.6 is 0 Å². The molecular formula is C25H29NO2. The van der Waals surface area contributed by atoms with Crippen LogP contribution in [0.15, 0.2) is 66.7 Å². The third-order valence-electron chi connectivity index (χ3n) is 6.54. The highest BCUT2D eigenvalue weighted by Crippen LogP contribution is 2.55. The number of nitrogens with two attached hydrogens (primary N) is 1. The van der Waals surface area contributed by atoms with Crippen molar-refractivity contribution in [2.24, 2.45) is 11.1 Å². The Kier molecular flexibility index (Phi) is 5.46. The first-order valence-corrected chi connectivity index (χ1v) is 9.88. The number of ether oxygens (including phenoxy) is 1. The summed E-state index contributed by atoms with van der Waals surface area (Å²) in [6.07, 6.45) is 1.34. The summed E-state index contributed by atoms with van der Waals surface area (Å²) in [6.45, 7) is 6.16. The lowest BCUT2D eigenvalue weighted by Crippen LogP contribution is -2.52. The molecule has 0 fully saturated rings. The van der Waals surface area contributed by atoms with Crippen LogP contribution in [0.4, 0.5) is 0 Å². The average molecular weight is 376 g/mol. The molecular weight excluding hydrogens is 346 g/mol. The number of amides is 1. The number of carbonyl (C=O) groups excluding carboxylic acids is 1. The molecule has 0 aromatic heterocycles. The fourth-order valence-corrected chi connectivity index (χ4v) is 4.79. The van der Waals surface area contributed by atoms with Crippen LogP contribution in [0.5, 0.6) is 5.75 Å². The van der Waals surface area contributed by atoms with Crippen molar-refractivity contribution in [3.63, 3.8) is 0 Å². The van der Waals surface area contributed by atoms with E-state index in [4.69, 9.17) is 10.5 Å². The standard InChI is InChI=1S/C25H29NO2/c1-5-24(3,23(26)27)25(6-2,21-15-9-10-17-22(21)28-4)20-16-11-13-18-12-7-8-14-19(18)20/h7-17H,5-6H2,1-4H3,(H2,26,27). The van der Waals surface area contributed by atoms with E-state index in [1.165, 1.54) is 0 Å². The summed E-state index contributed by atoms with van der Waals surface area (Å²) in [5, 5.41) is 2.29. The molecule has 3 rings (SSSR count). The molecule has 3 aromatic carbocycles. The summed E-state index contributed by atoms with van der Waals surface area (Å²) in [5.74, 6) is 0.480. The fourth-order valence-electron chi connectivity index (χ4n) is 4.79. The maximum Gasteiger partial charge on any atom is 0.224 e. The van der Waals surface area contributed by atoms with Gasteiger partial charge in [0.05, 0.1) is 12.5 Å². The molecule has 0 spiro atoms. The summed E-state index contributed by atoms with van der Waals surface area (Å²) in [6, 6.07) is 22.6. The van der Waals surface area contributed by atoms with Crippen molar-refractivity contribution in [3.05, 3.63) is 77.9 Å². The van der Waals surface area contributed by atoms with Gasteiger partial charge < -0.3 is 10.5 Å². The van der Waals surface area contributed by atoms with E-state index in [1.807, 2.05) is 44.2 Å². The van der Waals surface area contributed by atoms with Gasteiger partial charge in [-0.1, -0.05) is 74.5 Å². The van der Waals surface area contributed by atoms with Gasteiger partial charge in [0.25, 0.3) is 0 Å². The largest absolute Gasteiger partial charge is 0.496 e. The minimum Gasteiger partial charge on any atom is -0.496 e. The first-order chi connectivity index (χ1) is 13.5. The molecule has 3 nitrogen and oxygen atoms in total. The first-order valence-electron chi connectivity index (χ1n) is 9.88. The average Bonchev–Trinajstić information content (AvgIpc) is 2.74. The van der Waals surface area contributed by atoms with Crippen LogP contribution in [0.3, 0.4) is 0 Å². The quantitative estimate of drug-likeness (QED) is 0.597. The zero-order chi connectivity index (χ0) is 20.4. The van der Waals surface area contributed by atoms with Gasteiger partial charge in [-0.2, -0.15) is 0 Å². The SMILES string of the molecule is CCC(C)(C(N)=O)C(CC)(c1ccccc1OC)c1cccc2ccccc12. The van der Waals surface area contributed by atoms with Crippen LogP contribution < -0.4 is 10.5 Å². The van der Waals surface area contributed by atoms with Crippen molar-refractivity contribution in [3.8, 4) is 5.75 Å². The van der Waals surface area contributed by atoms with Crippen molar-refractivity contribution in [1.29, 1.82) is 0 Å². The fraction of sp³-hybridized carbons (Fsp3) is 0.320. The smallest absolute Gasteiger partial charge is 0.224 e. The van der Waals surface area contributed by atoms with Crippen LogP contribution in [-0.4, -0.2) is 13.0 Å². The molecule has 0 saturated heterocycles. The van der Waals surface area contributed by atoms with E-state index in [1.54, 1.807) is 7.11 Å². The Balaban J connectivity index is 2.52. The summed E-state index contributed by atoms with van der Waals surface area (Å²) >= 11 is 0. The van der Waals surface area contributed by atoms with E-state index >= 15 is 0 Å². The predicted octanol–water partition coefficient (Wildman–Crippen LogP) is 5.45. The highest BCUT2D eigenvalue weighted by Gasteiger charge is 2.53. The second kappa shape index (κ2) is 7.67. The summed E-state index contributed by atoms with van der Waals surface area (Å²) in [7, 11) is 1.68. The maximum absolute atomic E-state index is 12.9. The number of fused-ring (bicyclic) bond motifs is 1. The summed E-state index contributed by atoms with van der Waals surface area (Å²) < 4.78 is 5.75. The predicted molar refractivity (Wildman–Crippen MR) is 116 cm³/mol. The van der Waals surface area contributed by atoms with Crippen LogP contribution in [0.25, 0.3) is 10.8 Å². The molecule has 3 aromatic rings. The molecule has 2 N–H and O–H groups in total. The molecule has 1 amide bonds. The van der Waals surface area contributed by atoms with Gasteiger partial charge in [0.1, 0.15) is 5.75 Å². The van der Waals surface area contributed by atoms with E-state index in [-0.39, 0.29) is 5.91 Å². The molecule has 0 bridgehead atoms. The van der Waals surface area contributed by atoms with E-state index in [2.05, 4.69) is 43.3 Å². The Bertz CT molecular complexity index is 991. The van der Waals surface area contributed by atoms with Gasteiger partial charge >= 0.3 is 0 Å². The lowest BCUT2D eigenvalue weighted by atomic mass is 9.54. The highest BCUT2D eigenvalue weighted by molar-refractivity contribution is 5.91. The molecule has 28 heavy (non-hydrogen) atoms. The van der Waals surface area contributed by atoms with Gasteiger partial charge in [-0.05, 0) is 42.2 Å². The van der Waals surface area contributed by atoms with Gasteiger partial charge in [-0.25, -0.2) is 0 Å². The molecule has 2 atom stereocenters. The van der Waals surface area contributed by atoms with E-state index in [0.717, 1.165) is 27.6 Å². The van der Waals surface area contributed by atoms with Crippen molar-refractivity contribution in [2.75, 3.05) is 7.11 Å². The van der Waals surface area contributed by atoms with Gasteiger partial charge in [-0.15, -0.1) is 0 Å². The van der Waals surface area contributed by atoms with Crippen molar-refractivity contribution in [1.82, 2.24) is 0 Å². The minimum atomic E-state index is -0.791. The summed E-state index contributed by atoms with van der Waals surface area (Å²) in [5.41, 5.74) is 6.77. The molecule has 146 valence electrons. The number of hydrogen-bond acceptors (Lipinski definition) is 2. The Morgan fingerprint density at radius 2 is 1.50 bits per heavy atom. The van der Waals surface area contributed by atoms with E-state index < -0.39 is 10.8 Å². The highest BCUT2D eigenvalue weighted by atomic mass is 16.5. The number of methoxy groups -OCH3 is 1. The van der Waals surface area contributed by atoms with Gasteiger partial charge in [0.2, 0.25) is 5.91 Å². The molecule has 0 aliphatic heterocycles. The maximum atomic E-state index is 12.9. The number of hydrogen-bond donors (Lipinski definition) is 1. The number of benzene rings is 3. The van der Waals surface area contributed by atoms with Gasteiger partial charge in [0, 0.05) is 11.0 Å². The lowest BCUT2D eigenvalue weighted by Gasteiger charge is -2.48. The number of carbonyl (C=O) groups is 1. The van der Waals surface area contributed by atoms with E-state index in [0.29, 0.717) is 12.8 Å². The Hall–Kier alpha value is -2.81. The number of para-hydroxylation sites is 1. The van der Waals surface area contributed by atoms with Crippen molar-refractivity contribution >= 4 is 16.7 Å². The summed E-state index contributed by atoms with van der Waals surface area (Å²) in [4.78, 5) is 12.9. The van der Waals surface area contributed by atoms with Crippen LogP contribution in [0.1, 0.15) is 44.7 Å². The molecule has 0 aliphatic rings. The normalized spacial score (nSPS) is 15.6. The first kappa shape index (κ1) is 19.9. The third-order valence-corrected chi connectivity index (χ3v) is 6.54. The molecule has 0 radical (unpaired) electrons. The molecule has 0 saturated carbocycles. The zero-order valence-electron chi connectivity index (χ0n) is 17.2. The van der Waals surface area contributed by atoms with Crippen molar-refractivity contribution in [2.45, 2.75) is 39.0 Å². The monoisotopic (exact) mass is 375 g/mol. The topological polar surface area (TPSA) is 52.3 Å². The second-order valence-corrected chi connectivity index (χ2v) is 7.54. The Morgan fingerprint density at radius 1 is 0.893 bits per heavy atom. The van der Waals surface area contributed by atoms with Crippen LogP contribution in [0.2, 0.25) is 0 Å². The third kappa shape index (κ3) is 2.77. The Labute approximate surface area is 167 Å². The zero-order valence-corrected chi connectivity index (χ0v) is 17.2. The van der Waals surface area contributed by atoms with E-state index in [9.17, 15) is 4.79 Å². The van der Waals surface area contributed by atoms with Gasteiger partial charge in [-0.3, -0.25) is 4.79 Å². The molecule has 0 heterocycles. The molecule has 0 aliphatic carbocycles. The van der Waals surface area contributed by atoms with Crippen LogP contribution in [0, 0.1) is 5.41 Å². The molecule has 3 heteroatoms.